The number of benzene rings is 1. The zero-order valence-electron chi connectivity index (χ0n) is 11.3. The first-order valence-corrected chi connectivity index (χ1v) is 5.80. The van der Waals surface area contributed by atoms with Crippen LogP contribution in [-0.2, 0) is 4.79 Å². The van der Waals surface area contributed by atoms with Crippen molar-refractivity contribution in [3.05, 3.63) is 65.3 Å². The van der Waals surface area contributed by atoms with Crippen LogP contribution in [0.5, 0.6) is 5.75 Å². The number of hydrogen-bond donors (Lipinski definition) is 0. The van der Waals surface area contributed by atoms with Crippen molar-refractivity contribution in [3.8, 4) is 5.75 Å². The van der Waals surface area contributed by atoms with Crippen molar-refractivity contribution in [2.75, 3.05) is 0 Å². The van der Waals surface area contributed by atoms with Crippen molar-refractivity contribution in [2.24, 2.45) is 0 Å². The van der Waals surface area contributed by atoms with E-state index in [0.29, 0.717) is 0 Å². The summed E-state index contributed by atoms with van der Waals surface area (Å²) in [5.74, 6) is -9.51. The largest absolute Gasteiger partial charge is 0.416 e. The average molecular weight is 300 g/mol. The molecule has 112 valence electrons. The van der Waals surface area contributed by atoms with Crippen molar-refractivity contribution in [3.63, 3.8) is 0 Å². The fourth-order valence-electron chi connectivity index (χ4n) is 1.27. The molecule has 1 aromatic carbocycles. The Kier molecular flexibility index (Phi) is 5.46. The highest BCUT2D eigenvalue weighted by molar-refractivity contribution is 5.93. The second-order valence-corrected chi connectivity index (χ2v) is 4.26. The summed E-state index contributed by atoms with van der Waals surface area (Å²) in [4.78, 5) is 11.7. The van der Waals surface area contributed by atoms with Crippen molar-refractivity contribution < 1.29 is 27.1 Å². The first-order valence-electron chi connectivity index (χ1n) is 5.80. The molecule has 0 saturated carbocycles. The van der Waals surface area contributed by atoms with E-state index in [9.17, 15) is 22.4 Å². The molecule has 0 aliphatic carbocycles. The molecule has 0 fully saturated rings. The topological polar surface area (TPSA) is 26.3 Å². The molecule has 0 spiro atoms. The Hall–Kier alpha value is -2.37. The third-order valence-corrected chi connectivity index (χ3v) is 2.32. The molecule has 0 radical (unpaired) electrons. The van der Waals surface area contributed by atoms with Gasteiger partial charge in [-0.1, -0.05) is 24.3 Å². The summed E-state index contributed by atoms with van der Waals surface area (Å²) >= 11 is 0. The lowest BCUT2D eigenvalue weighted by molar-refractivity contribution is -0.130. The number of carbonyl (C=O) groups excluding carboxylic acids is 1. The minimum atomic E-state index is -1.78. The Labute approximate surface area is 119 Å². The molecule has 6 heteroatoms. The summed E-state index contributed by atoms with van der Waals surface area (Å²) in [5.41, 5.74) is 0.719. The third kappa shape index (κ3) is 4.05. The Bertz CT molecular complexity index is 615. The van der Waals surface area contributed by atoms with Gasteiger partial charge in [0.05, 0.1) is 5.57 Å². The number of carbonyl (C=O) groups is 1. The highest BCUT2D eigenvalue weighted by Crippen LogP contribution is 2.27. The first-order chi connectivity index (χ1) is 9.77. The maximum atomic E-state index is 13.4. The summed E-state index contributed by atoms with van der Waals surface area (Å²) in [5, 5.41) is 0. The molecule has 1 aromatic rings. The van der Waals surface area contributed by atoms with Gasteiger partial charge in [-0.3, -0.25) is 0 Å². The third-order valence-electron chi connectivity index (χ3n) is 2.32. The average Bonchev–Trinajstić information content (AvgIpc) is 2.41. The molecule has 1 rings (SSSR count). The number of hydrogen-bond acceptors (Lipinski definition) is 2. The highest BCUT2D eigenvalue weighted by atomic mass is 19.2. The van der Waals surface area contributed by atoms with Crippen LogP contribution in [0.25, 0.3) is 0 Å². The molecule has 0 atom stereocenters. The molecule has 0 amide bonds. The van der Waals surface area contributed by atoms with E-state index >= 15 is 0 Å². The van der Waals surface area contributed by atoms with Gasteiger partial charge in [-0.25, -0.2) is 13.6 Å². The minimum Gasteiger partial charge on any atom is -0.416 e. The molecule has 0 aromatic heterocycles. The Morgan fingerprint density at radius 1 is 1.10 bits per heavy atom. The molecule has 0 saturated heterocycles. The number of allylic oxidation sites excluding steroid dienone is 3. The normalized spacial score (nSPS) is 11.0. The first kappa shape index (κ1) is 16.7. The van der Waals surface area contributed by atoms with E-state index in [0.717, 1.165) is 11.6 Å². The Morgan fingerprint density at radius 3 is 2.05 bits per heavy atom. The van der Waals surface area contributed by atoms with Crippen molar-refractivity contribution in [2.45, 2.75) is 13.8 Å². The molecular formula is C15H12F4O2. The molecule has 2 nitrogen and oxygen atoms in total. The Morgan fingerprint density at radius 2 is 1.62 bits per heavy atom. The lowest BCUT2D eigenvalue weighted by atomic mass is 10.2. The van der Waals surface area contributed by atoms with Crippen LogP contribution < -0.4 is 4.74 Å². The summed E-state index contributed by atoms with van der Waals surface area (Å²) < 4.78 is 57.1. The van der Waals surface area contributed by atoms with Crippen molar-refractivity contribution in [1.29, 1.82) is 0 Å². The van der Waals surface area contributed by atoms with Crippen LogP contribution in [0, 0.1) is 23.3 Å². The van der Waals surface area contributed by atoms with Gasteiger partial charge < -0.3 is 4.74 Å². The van der Waals surface area contributed by atoms with Gasteiger partial charge >= 0.3 is 5.97 Å². The maximum absolute atomic E-state index is 13.4. The quantitative estimate of drug-likeness (QED) is 0.208. The van der Waals surface area contributed by atoms with Crippen molar-refractivity contribution in [1.82, 2.24) is 0 Å². The molecule has 0 N–H and O–H groups in total. The van der Waals surface area contributed by atoms with Crippen LogP contribution in [0.3, 0.4) is 0 Å². The zero-order valence-corrected chi connectivity index (χ0v) is 11.3. The molecule has 0 aliphatic heterocycles. The monoisotopic (exact) mass is 300 g/mol. The molecule has 0 bridgehead atoms. The number of esters is 1. The van der Waals surface area contributed by atoms with E-state index in [1.54, 1.807) is 13.8 Å². The smallest absolute Gasteiger partial charge is 0.343 e. The van der Waals surface area contributed by atoms with Gasteiger partial charge in [-0.15, -0.1) is 0 Å². The van der Waals surface area contributed by atoms with Crippen LogP contribution >= 0.6 is 0 Å². The van der Waals surface area contributed by atoms with Crippen LogP contribution in [0.1, 0.15) is 13.8 Å². The van der Waals surface area contributed by atoms with Gasteiger partial charge in [0.1, 0.15) is 0 Å². The van der Waals surface area contributed by atoms with Crippen LogP contribution in [0.2, 0.25) is 0 Å². The van der Waals surface area contributed by atoms with Gasteiger partial charge in [-0.2, -0.15) is 8.78 Å². The summed E-state index contributed by atoms with van der Waals surface area (Å²) in [6.07, 6.45) is 3.93. The molecule has 21 heavy (non-hydrogen) atoms. The highest BCUT2D eigenvalue weighted by Gasteiger charge is 2.23. The molecule has 0 unspecified atom stereocenters. The SMILES string of the molecule is C=C/C(=C\C=C(C)C)C(=O)Oc1c(F)c(F)cc(F)c1F. The predicted octanol–water partition coefficient (Wildman–Crippen LogP) is 4.23. The van der Waals surface area contributed by atoms with E-state index in [2.05, 4.69) is 11.3 Å². The van der Waals surface area contributed by atoms with Crippen molar-refractivity contribution >= 4 is 5.97 Å². The number of rotatable bonds is 4. The van der Waals surface area contributed by atoms with Gasteiger partial charge in [-0.05, 0) is 19.9 Å². The molecular weight excluding hydrogens is 288 g/mol. The molecule has 0 aliphatic rings. The predicted molar refractivity (Wildman–Crippen MR) is 69.6 cm³/mol. The summed E-state index contributed by atoms with van der Waals surface area (Å²) in [7, 11) is 0. The zero-order chi connectivity index (χ0) is 16.2. The second-order valence-electron chi connectivity index (χ2n) is 4.26. The van der Waals surface area contributed by atoms with Crippen LogP contribution in [0.15, 0.2) is 42.0 Å². The van der Waals surface area contributed by atoms with Crippen LogP contribution in [0.4, 0.5) is 17.6 Å². The van der Waals surface area contributed by atoms with Crippen LogP contribution in [-0.4, -0.2) is 5.97 Å². The second kappa shape index (κ2) is 6.88. The number of ether oxygens (including phenoxy) is 1. The minimum absolute atomic E-state index is 0.0232. The van der Waals surface area contributed by atoms with Gasteiger partial charge in [0.15, 0.2) is 11.6 Å². The van der Waals surface area contributed by atoms with Gasteiger partial charge in [0.2, 0.25) is 17.4 Å². The van der Waals surface area contributed by atoms with Gasteiger partial charge in [0.25, 0.3) is 0 Å². The Balaban J connectivity index is 3.17. The fraction of sp³-hybridized carbons (Fsp3) is 0.133. The molecule has 0 heterocycles. The maximum Gasteiger partial charge on any atom is 0.343 e. The van der Waals surface area contributed by atoms with E-state index in [4.69, 9.17) is 0 Å². The van der Waals surface area contributed by atoms with E-state index in [1.165, 1.54) is 12.2 Å². The number of halogens is 4. The summed E-state index contributed by atoms with van der Waals surface area (Å²) in [6.45, 7) is 6.86. The fourth-order valence-corrected chi connectivity index (χ4v) is 1.27. The van der Waals surface area contributed by atoms with Gasteiger partial charge in [0, 0.05) is 6.07 Å². The summed E-state index contributed by atoms with van der Waals surface area (Å²) in [6, 6.07) is 0.0232. The lowest BCUT2D eigenvalue weighted by Crippen LogP contribution is -2.13. The van der Waals surface area contributed by atoms with E-state index in [-0.39, 0.29) is 11.6 Å². The van der Waals surface area contributed by atoms with E-state index < -0.39 is 35.0 Å². The van der Waals surface area contributed by atoms with E-state index in [1.807, 2.05) is 0 Å². The lowest BCUT2D eigenvalue weighted by Gasteiger charge is -2.08. The standard InChI is InChI=1S/C15H12F4O2/c1-4-9(6-5-8(2)3)15(20)21-14-12(18)10(16)7-11(17)13(14)19/h4-7H,1H2,2-3H3/b9-6+.